The lowest BCUT2D eigenvalue weighted by atomic mass is 10.0. The molecule has 0 atom stereocenters. The van der Waals surface area contributed by atoms with Crippen molar-refractivity contribution in [3.63, 3.8) is 0 Å². The van der Waals surface area contributed by atoms with Gasteiger partial charge in [0.05, 0.1) is 0 Å². The van der Waals surface area contributed by atoms with Crippen LogP contribution in [0.4, 0.5) is 0 Å². The summed E-state index contributed by atoms with van der Waals surface area (Å²) in [5.41, 5.74) is 3.47. The molecule has 0 spiro atoms. The number of hydrogen-bond acceptors (Lipinski definition) is 2. The molecular formula is C15H17NO3. The molecule has 0 aliphatic heterocycles. The molecule has 0 radical (unpaired) electrons. The lowest BCUT2D eigenvalue weighted by molar-refractivity contribution is -0.134. The second-order valence-electron chi connectivity index (χ2n) is 4.19. The first-order valence-corrected chi connectivity index (χ1v) is 5.87. The van der Waals surface area contributed by atoms with Crippen molar-refractivity contribution in [1.29, 1.82) is 0 Å². The van der Waals surface area contributed by atoms with Gasteiger partial charge in [-0.15, -0.1) is 0 Å². The number of hydrogen-bond donors (Lipinski definition) is 2. The Bertz CT molecular complexity index is 547. The zero-order chi connectivity index (χ0) is 14.4. The fraction of sp³-hybridized carbons (Fsp3) is 0.200. The van der Waals surface area contributed by atoms with Gasteiger partial charge in [0.25, 0.3) is 5.97 Å². The number of benzene rings is 1. The van der Waals surface area contributed by atoms with E-state index in [4.69, 9.17) is 9.90 Å². The third-order valence-electron chi connectivity index (χ3n) is 2.54. The van der Waals surface area contributed by atoms with Gasteiger partial charge in [0, 0.05) is 29.9 Å². The van der Waals surface area contributed by atoms with E-state index in [1.54, 1.807) is 0 Å². The van der Waals surface area contributed by atoms with Gasteiger partial charge in [0.1, 0.15) is 0 Å². The van der Waals surface area contributed by atoms with Crippen LogP contribution in [0.5, 0.6) is 0 Å². The first-order valence-electron chi connectivity index (χ1n) is 5.87. The molecule has 2 rings (SSSR count). The molecule has 0 amide bonds. The number of H-pyrrole nitrogens is 1. The summed E-state index contributed by atoms with van der Waals surface area (Å²) in [6, 6.07) is 9.35. The van der Waals surface area contributed by atoms with E-state index in [1.165, 1.54) is 0 Å². The van der Waals surface area contributed by atoms with E-state index < -0.39 is 5.97 Å². The van der Waals surface area contributed by atoms with Crippen LogP contribution in [0.25, 0.3) is 0 Å². The molecule has 0 aliphatic carbocycles. The Hall–Kier alpha value is -2.36. The predicted molar refractivity (Wildman–Crippen MR) is 73.5 cm³/mol. The molecule has 1 aromatic carbocycles. The van der Waals surface area contributed by atoms with Crippen molar-refractivity contribution in [3.8, 4) is 0 Å². The molecule has 1 aromatic heterocycles. The van der Waals surface area contributed by atoms with E-state index in [1.807, 2.05) is 50.4 Å². The Balaban J connectivity index is 0.000000399. The van der Waals surface area contributed by atoms with Gasteiger partial charge in [-0.2, -0.15) is 0 Å². The zero-order valence-corrected chi connectivity index (χ0v) is 11.2. The average Bonchev–Trinajstić information content (AvgIpc) is 2.69. The van der Waals surface area contributed by atoms with Crippen molar-refractivity contribution in [1.82, 2.24) is 4.98 Å². The molecule has 2 aromatic rings. The number of aliphatic carboxylic acids is 1. The lowest BCUT2D eigenvalue weighted by Crippen LogP contribution is -2.03. The molecule has 0 unspecified atom stereocenters. The zero-order valence-electron chi connectivity index (χ0n) is 11.2. The van der Waals surface area contributed by atoms with Gasteiger partial charge in [-0.25, -0.2) is 0 Å². The molecule has 0 saturated carbocycles. The van der Waals surface area contributed by atoms with Gasteiger partial charge >= 0.3 is 0 Å². The van der Waals surface area contributed by atoms with Crippen LogP contribution in [0.15, 0.2) is 36.5 Å². The van der Waals surface area contributed by atoms with Crippen LogP contribution < -0.4 is 0 Å². The Morgan fingerprint density at radius 2 is 1.63 bits per heavy atom. The number of rotatable bonds is 2. The Kier molecular flexibility index (Phi) is 5.06. The minimum atomic E-state index is -0.833. The molecule has 0 saturated heterocycles. The highest BCUT2D eigenvalue weighted by atomic mass is 16.4. The van der Waals surface area contributed by atoms with Gasteiger partial charge in [0.2, 0.25) is 0 Å². The molecule has 100 valence electrons. The van der Waals surface area contributed by atoms with Crippen molar-refractivity contribution in [2.24, 2.45) is 0 Å². The topological polar surface area (TPSA) is 70.2 Å². The SMILES string of the molecule is CC(=O)O.Cc1c[nH]c(C)c1C(=O)c1ccccc1. The third kappa shape index (κ3) is 4.10. The summed E-state index contributed by atoms with van der Waals surface area (Å²) in [5.74, 6) is -0.744. The first kappa shape index (κ1) is 14.7. The number of carbonyl (C=O) groups excluding carboxylic acids is 1. The molecule has 1 heterocycles. The van der Waals surface area contributed by atoms with Crippen molar-refractivity contribution in [3.05, 3.63) is 58.9 Å². The number of carbonyl (C=O) groups is 2. The fourth-order valence-electron chi connectivity index (χ4n) is 1.74. The van der Waals surface area contributed by atoms with E-state index in [2.05, 4.69) is 4.98 Å². The van der Waals surface area contributed by atoms with Crippen molar-refractivity contribution >= 4 is 11.8 Å². The van der Waals surface area contributed by atoms with Gasteiger partial charge in [-0.1, -0.05) is 30.3 Å². The van der Waals surface area contributed by atoms with E-state index >= 15 is 0 Å². The summed E-state index contributed by atoms with van der Waals surface area (Å²) in [4.78, 5) is 24.2. The standard InChI is InChI=1S/C13H13NO.C2H4O2/c1-9-8-14-10(2)12(9)13(15)11-6-4-3-5-7-11;1-2(3)4/h3-8,14H,1-2H3;1H3,(H,3,4). The van der Waals surface area contributed by atoms with Crippen LogP contribution in [0.3, 0.4) is 0 Å². The van der Waals surface area contributed by atoms with E-state index in [9.17, 15) is 4.79 Å². The quantitative estimate of drug-likeness (QED) is 0.814. The Morgan fingerprint density at radius 1 is 1.11 bits per heavy atom. The molecule has 0 bridgehead atoms. The molecule has 19 heavy (non-hydrogen) atoms. The highest BCUT2D eigenvalue weighted by Gasteiger charge is 2.14. The summed E-state index contributed by atoms with van der Waals surface area (Å²) in [6.07, 6.45) is 1.87. The van der Waals surface area contributed by atoms with E-state index in [0.29, 0.717) is 0 Å². The van der Waals surface area contributed by atoms with Gasteiger partial charge in [-0.05, 0) is 19.4 Å². The molecule has 0 fully saturated rings. The Labute approximate surface area is 112 Å². The van der Waals surface area contributed by atoms with Crippen LogP contribution in [0.1, 0.15) is 34.1 Å². The maximum atomic E-state index is 12.1. The monoisotopic (exact) mass is 259 g/mol. The van der Waals surface area contributed by atoms with E-state index in [-0.39, 0.29) is 5.78 Å². The highest BCUT2D eigenvalue weighted by molar-refractivity contribution is 6.10. The van der Waals surface area contributed by atoms with Gasteiger partial charge in [0.15, 0.2) is 5.78 Å². The number of aromatic amines is 1. The minimum absolute atomic E-state index is 0.0897. The second-order valence-corrected chi connectivity index (χ2v) is 4.19. The lowest BCUT2D eigenvalue weighted by Gasteiger charge is -2.01. The van der Waals surface area contributed by atoms with Crippen LogP contribution in [0, 0.1) is 13.8 Å². The van der Waals surface area contributed by atoms with Crippen LogP contribution in [0.2, 0.25) is 0 Å². The average molecular weight is 259 g/mol. The van der Waals surface area contributed by atoms with Crippen LogP contribution in [-0.4, -0.2) is 21.8 Å². The number of carboxylic acids is 1. The first-order chi connectivity index (χ1) is 8.93. The number of aromatic nitrogens is 1. The molecule has 4 nitrogen and oxygen atoms in total. The van der Waals surface area contributed by atoms with Gasteiger partial charge in [-0.3, -0.25) is 9.59 Å². The maximum Gasteiger partial charge on any atom is 0.300 e. The summed E-state index contributed by atoms with van der Waals surface area (Å²) in [6.45, 7) is 4.95. The van der Waals surface area contributed by atoms with E-state index in [0.717, 1.165) is 29.3 Å². The van der Waals surface area contributed by atoms with Crippen molar-refractivity contribution < 1.29 is 14.7 Å². The summed E-state index contributed by atoms with van der Waals surface area (Å²) in [7, 11) is 0. The highest BCUT2D eigenvalue weighted by Crippen LogP contribution is 2.17. The minimum Gasteiger partial charge on any atom is -0.481 e. The number of carboxylic acid groups (broad SMARTS) is 1. The number of nitrogens with one attached hydrogen (secondary N) is 1. The van der Waals surface area contributed by atoms with Crippen molar-refractivity contribution in [2.75, 3.05) is 0 Å². The third-order valence-corrected chi connectivity index (χ3v) is 2.54. The Morgan fingerprint density at radius 3 is 2.05 bits per heavy atom. The van der Waals surface area contributed by atoms with Crippen LogP contribution >= 0.6 is 0 Å². The van der Waals surface area contributed by atoms with Gasteiger partial charge < -0.3 is 10.1 Å². The largest absolute Gasteiger partial charge is 0.481 e. The fourth-order valence-corrected chi connectivity index (χ4v) is 1.74. The molecule has 0 aliphatic rings. The summed E-state index contributed by atoms with van der Waals surface area (Å²) < 4.78 is 0. The molecular weight excluding hydrogens is 242 g/mol. The normalized spacial score (nSPS) is 9.42. The molecule has 4 heteroatoms. The second kappa shape index (κ2) is 6.54. The predicted octanol–water partition coefficient (Wildman–Crippen LogP) is 2.95. The molecule has 2 N–H and O–H groups in total. The maximum absolute atomic E-state index is 12.1. The van der Waals surface area contributed by atoms with Crippen molar-refractivity contribution in [2.45, 2.75) is 20.8 Å². The number of aryl methyl sites for hydroxylation is 2. The summed E-state index contributed by atoms with van der Waals surface area (Å²) in [5, 5.41) is 7.42. The summed E-state index contributed by atoms with van der Waals surface area (Å²) >= 11 is 0. The smallest absolute Gasteiger partial charge is 0.300 e. The number of ketones is 1. The van der Waals surface area contributed by atoms with Crippen LogP contribution in [-0.2, 0) is 4.79 Å².